The average molecular weight is 390 g/mol. The Bertz CT molecular complexity index is 432. The van der Waals surface area contributed by atoms with E-state index in [0.29, 0.717) is 0 Å². The Morgan fingerprint density at radius 3 is 0.682 bits per heavy atom. The predicted octanol–water partition coefficient (Wildman–Crippen LogP) is 4.19. The first kappa shape index (κ1) is 23.2. The lowest BCUT2D eigenvalue weighted by molar-refractivity contribution is -0.438. The Hall–Kier alpha value is -1.03. The van der Waals surface area contributed by atoms with Crippen LogP contribution in [0.3, 0.4) is 0 Å². The lowest BCUT2D eigenvalue weighted by atomic mass is 10.0. The van der Waals surface area contributed by atoms with Crippen LogP contribution in [0.5, 0.6) is 0 Å². The topological polar surface area (TPSA) is 34.1 Å². The van der Waals surface area contributed by atoms with Crippen molar-refractivity contribution in [2.75, 3.05) is 0 Å². The number of hydrogen-bond donors (Lipinski definition) is 0. The van der Waals surface area contributed by atoms with Gasteiger partial charge in [-0.1, -0.05) is 7.77 Å². The maximum Gasteiger partial charge on any atom is 0.476 e. The molecule has 22 heavy (non-hydrogen) atoms. The third-order valence-electron chi connectivity index (χ3n) is 1.50. The Labute approximate surface area is 111 Å². The molecule has 17 heteroatoms. The fourth-order valence-corrected chi connectivity index (χ4v) is 0.553. The van der Waals surface area contributed by atoms with Crippen LogP contribution in [0.1, 0.15) is 0 Å². The number of hydrogen-bond acceptors (Lipinski definition) is 2. The van der Waals surface area contributed by atoms with Gasteiger partial charge in [0, 0.05) is 0 Å². The van der Waals surface area contributed by atoms with Crippen LogP contribution in [-0.4, -0.2) is 38.5 Å². The number of halogens is 14. The normalized spacial score (nSPS) is 15.2. The first-order valence-corrected chi connectivity index (χ1v) is 5.19. The first-order chi connectivity index (χ1) is 9.00. The zero-order valence-corrected chi connectivity index (χ0v) is 9.83. The van der Waals surface area contributed by atoms with Crippen molar-refractivity contribution in [2.24, 2.45) is 0 Å². The van der Waals surface area contributed by atoms with Gasteiger partial charge in [-0.3, -0.25) is 0 Å². The molecular formula is C5F14O2S. The van der Waals surface area contributed by atoms with E-state index in [-0.39, 0.29) is 0 Å². The second-order valence-corrected chi connectivity index (χ2v) is 3.85. The summed E-state index contributed by atoms with van der Waals surface area (Å²) in [6, 6.07) is 0. The van der Waals surface area contributed by atoms with E-state index >= 15 is 0 Å². The van der Waals surface area contributed by atoms with Crippen LogP contribution in [-0.2, 0) is 10.6 Å². The molecule has 0 aromatic carbocycles. The molecule has 2 nitrogen and oxygen atoms in total. The van der Waals surface area contributed by atoms with Crippen molar-refractivity contribution < 1.29 is 68.9 Å². The lowest BCUT2D eigenvalue weighted by Gasteiger charge is -2.34. The minimum atomic E-state index is -7.66. The van der Waals surface area contributed by atoms with Crippen molar-refractivity contribution in [2.45, 2.75) is 30.1 Å². The fourth-order valence-electron chi connectivity index (χ4n) is 0.553. The molecule has 0 radical (unpaired) electrons. The van der Waals surface area contributed by atoms with Crippen molar-refractivity contribution in [1.82, 2.24) is 0 Å². The molecule has 0 heterocycles. The van der Waals surface area contributed by atoms with E-state index in [0.717, 1.165) is 0 Å². The molecule has 0 saturated carbocycles. The van der Waals surface area contributed by atoms with Crippen LogP contribution in [0.15, 0.2) is 0 Å². The van der Waals surface area contributed by atoms with Crippen LogP contribution in [0.2, 0.25) is 0 Å². The minimum Gasteiger partial charge on any atom is -0.192 e. The van der Waals surface area contributed by atoms with Crippen molar-refractivity contribution in [3.8, 4) is 0 Å². The highest BCUT2D eigenvalue weighted by Crippen LogP contribution is 2.57. The quantitative estimate of drug-likeness (QED) is 0.524. The van der Waals surface area contributed by atoms with Gasteiger partial charge in [-0.05, 0) is 0 Å². The smallest absolute Gasteiger partial charge is 0.192 e. The van der Waals surface area contributed by atoms with Gasteiger partial charge in [0.25, 0.3) is 0 Å². The molecule has 0 atom stereocenters. The molecule has 0 N–H and O–H groups in total. The molecule has 0 fully saturated rings. The number of alkyl halides is 12. The van der Waals surface area contributed by atoms with E-state index in [2.05, 4.69) is 0 Å². The Morgan fingerprint density at radius 2 is 0.591 bits per heavy atom. The zero-order chi connectivity index (χ0) is 19.0. The molecule has 0 aromatic heterocycles. The summed E-state index contributed by atoms with van der Waals surface area (Å²) in [5.74, 6) is -22.7. The highest BCUT2D eigenvalue weighted by Gasteiger charge is 2.88. The van der Waals surface area contributed by atoms with Gasteiger partial charge < -0.3 is 0 Å². The molecule has 0 unspecified atom stereocenters. The molecule has 0 aliphatic rings. The van der Waals surface area contributed by atoms with Crippen molar-refractivity contribution in [1.29, 1.82) is 0 Å². The van der Waals surface area contributed by atoms with Gasteiger partial charge in [-0.15, -0.1) is 0 Å². The second-order valence-electron chi connectivity index (χ2n) is 3.10. The Kier molecular flexibility index (Phi) is 6.21. The SMILES string of the molecule is FC(F)(F)C(F)(F)C(F)(F)C(F)(F)C(F)(F)F.O=S(=O)(F)F. The van der Waals surface area contributed by atoms with Gasteiger partial charge in [0.2, 0.25) is 0 Å². The number of rotatable bonds is 2. The fraction of sp³-hybridized carbons (Fsp3) is 1.00. The molecule has 0 spiro atoms. The van der Waals surface area contributed by atoms with E-state index in [4.69, 9.17) is 8.42 Å². The third kappa shape index (κ3) is 5.01. The summed E-state index contributed by atoms with van der Waals surface area (Å²) in [5, 5.41) is 0. The van der Waals surface area contributed by atoms with Crippen LogP contribution in [0, 0.1) is 0 Å². The molecule has 0 rings (SSSR count). The largest absolute Gasteiger partial charge is 0.476 e. The van der Waals surface area contributed by atoms with Gasteiger partial charge in [0.05, 0.1) is 0 Å². The summed E-state index contributed by atoms with van der Waals surface area (Å²) in [7, 11) is -5.67. The minimum absolute atomic E-state index is 5.67. The summed E-state index contributed by atoms with van der Waals surface area (Å²) < 4.78 is 176. The summed E-state index contributed by atoms with van der Waals surface area (Å²) in [5.41, 5.74) is 0. The van der Waals surface area contributed by atoms with Gasteiger partial charge >= 0.3 is 40.7 Å². The van der Waals surface area contributed by atoms with Crippen molar-refractivity contribution in [3.05, 3.63) is 0 Å². The van der Waals surface area contributed by atoms with E-state index in [1.807, 2.05) is 0 Å². The standard InChI is InChI=1S/C5F12.F2O2S/c6-1(7,2(8,9)4(12,13)14)3(10,11)5(15,16)17;1-5(2,3)4. The molecule has 0 bridgehead atoms. The molecule has 0 aliphatic heterocycles. The third-order valence-corrected chi connectivity index (χ3v) is 1.50. The molecule has 0 saturated heterocycles. The summed E-state index contributed by atoms with van der Waals surface area (Å²) in [4.78, 5) is 0. The van der Waals surface area contributed by atoms with Crippen molar-refractivity contribution >= 4 is 10.6 Å². The van der Waals surface area contributed by atoms with Gasteiger partial charge in [0.15, 0.2) is 0 Å². The van der Waals surface area contributed by atoms with Crippen LogP contribution in [0.25, 0.3) is 0 Å². The van der Waals surface area contributed by atoms with E-state index in [1.165, 1.54) is 0 Å². The maximum atomic E-state index is 12.0. The van der Waals surface area contributed by atoms with Gasteiger partial charge in [-0.25, -0.2) is 0 Å². The Morgan fingerprint density at radius 1 is 0.455 bits per heavy atom. The van der Waals surface area contributed by atoms with Crippen LogP contribution < -0.4 is 0 Å². The Balaban J connectivity index is 0. The summed E-state index contributed by atoms with van der Waals surface area (Å²) >= 11 is 0. The summed E-state index contributed by atoms with van der Waals surface area (Å²) in [6.45, 7) is 0. The lowest BCUT2D eigenvalue weighted by Crippen LogP contribution is -2.65. The molecule has 0 aliphatic carbocycles. The highest BCUT2D eigenvalue weighted by molar-refractivity contribution is 7.81. The van der Waals surface area contributed by atoms with E-state index < -0.39 is 40.7 Å². The maximum absolute atomic E-state index is 12.0. The zero-order valence-electron chi connectivity index (χ0n) is 9.02. The van der Waals surface area contributed by atoms with Gasteiger partial charge in [-0.2, -0.15) is 61.1 Å². The van der Waals surface area contributed by atoms with Crippen LogP contribution in [0.4, 0.5) is 60.5 Å². The van der Waals surface area contributed by atoms with E-state index in [9.17, 15) is 60.5 Å². The average Bonchev–Trinajstić information content (AvgIpc) is 2.10. The molecular weight excluding hydrogens is 390 g/mol. The van der Waals surface area contributed by atoms with Crippen molar-refractivity contribution in [3.63, 3.8) is 0 Å². The first-order valence-electron chi connectivity index (χ1n) is 3.91. The van der Waals surface area contributed by atoms with E-state index in [1.54, 1.807) is 0 Å². The predicted molar refractivity (Wildman–Crippen MR) is 38.1 cm³/mol. The second kappa shape index (κ2) is 5.88. The molecule has 136 valence electrons. The summed E-state index contributed by atoms with van der Waals surface area (Å²) in [6.07, 6.45) is -14.5. The molecule has 0 aromatic rings. The van der Waals surface area contributed by atoms with Crippen LogP contribution >= 0.6 is 0 Å². The molecule has 0 amide bonds. The van der Waals surface area contributed by atoms with Gasteiger partial charge in [0.1, 0.15) is 0 Å². The monoisotopic (exact) mass is 390 g/mol. The highest BCUT2D eigenvalue weighted by atomic mass is 32.3.